The van der Waals surface area contributed by atoms with Gasteiger partial charge in [0.1, 0.15) is 5.69 Å². The van der Waals surface area contributed by atoms with Crippen molar-refractivity contribution in [2.45, 2.75) is 25.8 Å². The molecule has 0 unspecified atom stereocenters. The zero-order chi connectivity index (χ0) is 8.84. The number of nitrogens with zero attached hydrogens (tertiary/aromatic N) is 1. The van der Waals surface area contributed by atoms with Gasteiger partial charge in [0.25, 0.3) is 5.91 Å². The molecule has 1 aromatic rings. The maximum atomic E-state index is 11.3. The molecule has 1 aromatic heterocycles. The van der Waals surface area contributed by atoms with Crippen LogP contribution in [0.3, 0.4) is 0 Å². The zero-order valence-electron chi connectivity index (χ0n) is 7.26. The topological polar surface area (TPSA) is 42.0 Å². The van der Waals surface area contributed by atoms with Crippen molar-refractivity contribution in [1.29, 1.82) is 0 Å². The number of nitrogens with one attached hydrogen (secondary N) is 1. The van der Waals surface area contributed by atoms with Crippen molar-refractivity contribution in [3.05, 3.63) is 28.6 Å². The van der Waals surface area contributed by atoms with E-state index in [9.17, 15) is 4.79 Å². The van der Waals surface area contributed by atoms with Gasteiger partial charge in [0, 0.05) is 17.8 Å². The van der Waals surface area contributed by atoms with Crippen LogP contribution < -0.4 is 5.32 Å². The Morgan fingerprint density at radius 2 is 2.23 bits per heavy atom. The molecular formula is C10H10N2O. The Bertz CT molecular complexity index is 398. The first kappa shape index (κ1) is 7.06. The van der Waals surface area contributed by atoms with Gasteiger partial charge >= 0.3 is 0 Å². The quantitative estimate of drug-likeness (QED) is 0.632. The lowest BCUT2D eigenvalue weighted by molar-refractivity contribution is 0.0961. The molecule has 3 heteroatoms. The Kier molecular flexibility index (Phi) is 1.26. The predicted molar refractivity (Wildman–Crippen MR) is 47.4 cm³/mol. The van der Waals surface area contributed by atoms with Gasteiger partial charge in [-0.3, -0.25) is 4.79 Å². The molecule has 2 aliphatic rings. The molecule has 0 spiro atoms. The van der Waals surface area contributed by atoms with E-state index in [0.717, 1.165) is 24.1 Å². The van der Waals surface area contributed by atoms with Crippen molar-refractivity contribution in [2.75, 3.05) is 0 Å². The number of fused-ring (bicyclic) bond motifs is 2. The fourth-order valence-electron chi connectivity index (χ4n) is 2.11. The third-order valence-electron chi connectivity index (χ3n) is 2.78. The molecule has 66 valence electrons. The maximum Gasteiger partial charge on any atom is 0.270 e. The summed E-state index contributed by atoms with van der Waals surface area (Å²) >= 11 is 0. The highest BCUT2D eigenvalue weighted by Gasteiger charge is 2.24. The first-order chi connectivity index (χ1) is 6.34. The van der Waals surface area contributed by atoms with E-state index < -0.39 is 0 Å². The Labute approximate surface area is 76.2 Å². The van der Waals surface area contributed by atoms with E-state index in [-0.39, 0.29) is 5.91 Å². The molecule has 0 saturated heterocycles. The van der Waals surface area contributed by atoms with Gasteiger partial charge in [-0.1, -0.05) is 0 Å². The number of hydrogen-bond donors (Lipinski definition) is 1. The number of hydrogen-bond acceptors (Lipinski definition) is 2. The highest BCUT2D eigenvalue weighted by atomic mass is 16.2. The van der Waals surface area contributed by atoms with Crippen molar-refractivity contribution in [1.82, 2.24) is 10.3 Å². The van der Waals surface area contributed by atoms with Crippen molar-refractivity contribution >= 4 is 5.91 Å². The van der Waals surface area contributed by atoms with Gasteiger partial charge in [-0.25, -0.2) is 4.98 Å². The zero-order valence-corrected chi connectivity index (χ0v) is 7.26. The monoisotopic (exact) mass is 174 g/mol. The summed E-state index contributed by atoms with van der Waals surface area (Å²) in [5.41, 5.74) is 4.21. The van der Waals surface area contributed by atoms with Crippen LogP contribution in [0, 0.1) is 0 Å². The van der Waals surface area contributed by atoms with Crippen LogP contribution in [0.1, 0.15) is 33.7 Å². The lowest BCUT2D eigenvalue weighted by Crippen LogP contribution is -2.13. The summed E-state index contributed by atoms with van der Waals surface area (Å²) in [6, 6.07) is 2.14. The van der Waals surface area contributed by atoms with Gasteiger partial charge < -0.3 is 5.32 Å². The van der Waals surface area contributed by atoms with Gasteiger partial charge in [0.05, 0.1) is 0 Å². The third-order valence-corrected chi connectivity index (χ3v) is 2.78. The molecule has 13 heavy (non-hydrogen) atoms. The largest absolute Gasteiger partial charge is 0.347 e. The van der Waals surface area contributed by atoms with Gasteiger partial charge in [0.15, 0.2) is 0 Å². The normalized spacial score (nSPS) is 18.3. The lowest BCUT2D eigenvalue weighted by Gasteiger charge is -2.00. The summed E-state index contributed by atoms with van der Waals surface area (Å²) in [6.07, 6.45) is 3.35. The SMILES string of the molecule is O=C1NCc2cc3c(nc21)CCC3. The molecule has 0 atom stereocenters. The lowest BCUT2D eigenvalue weighted by atomic mass is 10.1. The van der Waals surface area contributed by atoms with Crippen LogP contribution in [0.4, 0.5) is 0 Å². The van der Waals surface area contributed by atoms with Gasteiger partial charge in [-0.15, -0.1) is 0 Å². The minimum absolute atomic E-state index is 0.00954. The molecule has 0 saturated carbocycles. The number of pyridine rings is 1. The van der Waals surface area contributed by atoms with Gasteiger partial charge in [-0.2, -0.15) is 0 Å². The molecule has 0 fully saturated rings. The second kappa shape index (κ2) is 2.31. The molecule has 1 aliphatic carbocycles. The van der Waals surface area contributed by atoms with E-state index in [1.807, 2.05) is 0 Å². The van der Waals surface area contributed by atoms with Crippen molar-refractivity contribution in [3.8, 4) is 0 Å². The maximum absolute atomic E-state index is 11.3. The standard InChI is InChI=1S/C10H10N2O/c13-10-9-7(5-11-10)4-6-2-1-3-8(6)12-9/h4H,1-3,5H2,(H,11,13). The van der Waals surface area contributed by atoms with Crippen LogP contribution in [0.15, 0.2) is 6.07 Å². The number of carbonyl (C=O) groups excluding carboxylic acids is 1. The van der Waals surface area contributed by atoms with Gasteiger partial charge in [-0.05, 0) is 30.9 Å². The summed E-state index contributed by atoms with van der Waals surface area (Å²) in [6.45, 7) is 0.661. The Morgan fingerprint density at radius 3 is 3.15 bits per heavy atom. The molecule has 1 amide bonds. The Hall–Kier alpha value is -1.38. The summed E-state index contributed by atoms with van der Waals surface area (Å²) in [5.74, 6) is -0.00954. The van der Waals surface area contributed by atoms with Crippen LogP contribution in [0.2, 0.25) is 0 Å². The predicted octanol–water partition coefficient (Wildman–Crippen LogP) is 0.814. The molecule has 0 bridgehead atoms. The van der Waals surface area contributed by atoms with Crippen LogP contribution >= 0.6 is 0 Å². The Morgan fingerprint density at radius 1 is 1.31 bits per heavy atom. The van der Waals surface area contributed by atoms with Gasteiger partial charge in [0.2, 0.25) is 0 Å². The van der Waals surface area contributed by atoms with Crippen LogP contribution in [0.5, 0.6) is 0 Å². The third kappa shape index (κ3) is 0.899. The molecule has 3 nitrogen and oxygen atoms in total. The number of aryl methyl sites for hydroxylation is 2. The second-order valence-corrected chi connectivity index (χ2v) is 3.64. The van der Waals surface area contributed by atoms with E-state index in [1.54, 1.807) is 0 Å². The number of aromatic nitrogens is 1. The first-order valence-electron chi connectivity index (χ1n) is 4.64. The minimum Gasteiger partial charge on any atom is -0.347 e. The van der Waals surface area contributed by atoms with E-state index in [2.05, 4.69) is 16.4 Å². The van der Waals surface area contributed by atoms with Crippen molar-refractivity contribution in [3.63, 3.8) is 0 Å². The number of rotatable bonds is 0. The molecule has 3 rings (SSSR count). The summed E-state index contributed by atoms with van der Waals surface area (Å²) in [7, 11) is 0. The smallest absolute Gasteiger partial charge is 0.270 e. The van der Waals surface area contributed by atoms with Crippen LogP contribution in [-0.4, -0.2) is 10.9 Å². The van der Waals surface area contributed by atoms with E-state index >= 15 is 0 Å². The van der Waals surface area contributed by atoms with E-state index in [1.165, 1.54) is 12.0 Å². The fourth-order valence-corrected chi connectivity index (χ4v) is 2.11. The minimum atomic E-state index is -0.00954. The molecule has 0 aromatic carbocycles. The highest BCUT2D eigenvalue weighted by Crippen LogP contribution is 2.24. The number of carbonyl (C=O) groups is 1. The highest BCUT2D eigenvalue weighted by molar-refractivity contribution is 5.96. The van der Waals surface area contributed by atoms with Crippen LogP contribution in [0.25, 0.3) is 0 Å². The van der Waals surface area contributed by atoms with Crippen molar-refractivity contribution in [2.24, 2.45) is 0 Å². The first-order valence-corrected chi connectivity index (χ1v) is 4.64. The van der Waals surface area contributed by atoms with E-state index in [0.29, 0.717) is 12.2 Å². The molecule has 1 N–H and O–H groups in total. The Balaban J connectivity index is 2.22. The summed E-state index contributed by atoms with van der Waals surface area (Å²) < 4.78 is 0. The summed E-state index contributed by atoms with van der Waals surface area (Å²) in [4.78, 5) is 15.7. The average molecular weight is 174 g/mol. The number of amides is 1. The molecule has 1 aliphatic heterocycles. The second-order valence-electron chi connectivity index (χ2n) is 3.64. The molecule has 0 radical (unpaired) electrons. The van der Waals surface area contributed by atoms with E-state index in [4.69, 9.17) is 0 Å². The summed E-state index contributed by atoms with van der Waals surface area (Å²) in [5, 5.41) is 2.79. The van der Waals surface area contributed by atoms with Crippen LogP contribution in [-0.2, 0) is 19.4 Å². The molecule has 2 heterocycles. The average Bonchev–Trinajstić information content (AvgIpc) is 2.70. The molecular weight excluding hydrogens is 164 g/mol. The van der Waals surface area contributed by atoms with Crippen molar-refractivity contribution < 1.29 is 4.79 Å². The fraction of sp³-hybridized carbons (Fsp3) is 0.400.